The lowest BCUT2D eigenvalue weighted by molar-refractivity contribution is -0.122. The van der Waals surface area contributed by atoms with Crippen molar-refractivity contribution in [3.8, 4) is 0 Å². The Balaban J connectivity index is 1.61. The van der Waals surface area contributed by atoms with Crippen LogP contribution in [0.25, 0.3) is 0 Å². The topological polar surface area (TPSA) is 49.3 Å². The Bertz CT molecular complexity index is 436. The fourth-order valence-electron chi connectivity index (χ4n) is 2.58. The molecule has 2 N–H and O–H groups in total. The second kappa shape index (κ2) is 10.2. The summed E-state index contributed by atoms with van der Waals surface area (Å²) in [6.07, 6.45) is 5.84. The molecule has 0 aromatic heterocycles. The highest BCUT2D eigenvalue weighted by Crippen LogP contribution is 2.39. The van der Waals surface area contributed by atoms with E-state index >= 15 is 0 Å². The number of carbonyl (C=O) groups excluding carboxylic acids is 1. The molecule has 2 rings (SSSR count). The number of nitrogens with one attached hydrogen (secondary N) is 1. The summed E-state index contributed by atoms with van der Waals surface area (Å²) in [5.41, 5.74) is 1.14. The molecule has 1 heterocycles. The van der Waals surface area contributed by atoms with Crippen LogP contribution < -0.4 is 5.32 Å². The Kier molecular flexibility index (Phi) is 8.20. The van der Waals surface area contributed by atoms with E-state index in [-0.39, 0.29) is 18.6 Å². The molecule has 3 nitrogen and oxygen atoms in total. The molecule has 1 aromatic rings. The molecule has 0 saturated carbocycles. The lowest BCUT2D eigenvalue weighted by Gasteiger charge is -2.16. The molecule has 1 aromatic carbocycles. The predicted octanol–water partition coefficient (Wildman–Crippen LogP) is 3.42. The third-order valence-corrected chi connectivity index (χ3v) is 6.82. The second-order valence-corrected chi connectivity index (χ2v) is 8.50. The average molecular weight is 340 g/mol. The second-order valence-electron chi connectivity index (χ2n) is 5.71. The summed E-state index contributed by atoms with van der Waals surface area (Å²) in [5, 5.41) is 13.2. The lowest BCUT2D eigenvalue weighted by Crippen LogP contribution is -2.38. The largest absolute Gasteiger partial charge is 0.394 e. The highest BCUT2D eigenvalue weighted by atomic mass is 33.1. The maximum Gasteiger partial charge on any atom is 0.220 e. The van der Waals surface area contributed by atoms with E-state index in [2.05, 4.69) is 5.32 Å². The molecule has 0 spiro atoms. The predicted molar refractivity (Wildman–Crippen MR) is 96.1 cm³/mol. The van der Waals surface area contributed by atoms with Crippen LogP contribution in [0.1, 0.15) is 37.7 Å². The summed E-state index contributed by atoms with van der Waals surface area (Å²) >= 11 is 0. The van der Waals surface area contributed by atoms with Crippen LogP contribution in [0.2, 0.25) is 0 Å². The SMILES string of the molecule is O=C(CCCC[C@H]1CCSS1)N[C@H](CO)Cc1ccccc1. The lowest BCUT2D eigenvalue weighted by atomic mass is 10.1. The molecule has 5 heteroatoms. The van der Waals surface area contributed by atoms with Crippen molar-refractivity contribution in [2.45, 2.75) is 49.8 Å². The van der Waals surface area contributed by atoms with Gasteiger partial charge in [-0.05, 0) is 31.2 Å². The summed E-state index contributed by atoms with van der Waals surface area (Å²) in [7, 11) is 3.97. The number of hydrogen-bond acceptors (Lipinski definition) is 4. The van der Waals surface area contributed by atoms with E-state index in [9.17, 15) is 9.90 Å². The highest BCUT2D eigenvalue weighted by molar-refractivity contribution is 8.77. The maximum atomic E-state index is 12.0. The number of hydrogen-bond donors (Lipinski definition) is 2. The molecular weight excluding hydrogens is 314 g/mol. The van der Waals surface area contributed by atoms with Gasteiger partial charge in [-0.1, -0.05) is 58.3 Å². The van der Waals surface area contributed by atoms with Gasteiger partial charge in [-0.25, -0.2) is 0 Å². The van der Waals surface area contributed by atoms with E-state index < -0.39 is 0 Å². The van der Waals surface area contributed by atoms with Crippen LogP contribution in [0.15, 0.2) is 30.3 Å². The molecule has 0 bridgehead atoms. The first kappa shape index (κ1) is 17.7. The van der Waals surface area contributed by atoms with Crippen molar-refractivity contribution in [2.75, 3.05) is 12.4 Å². The van der Waals surface area contributed by atoms with E-state index in [1.165, 1.54) is 18.6 Å². The maximum absolute atomic E-state index is 12.0. The van der Waals surface area contributed by atoms with Crippen LogP contribution in [-0.4, -0.2) is 34.7 Å². The van der Waals surface area contributed by atoms with Crippen molar-refractivity contribution in [1.82, 2.24) is 5.32 Å². The smallest absolute Gasteiger partial charge is 0.220 e. The summed E-state index contributed by atoms with van der Waals surface area (Å²) < 4.78 is 0. The minimum absolute atomic E-state index is 0.0173. The highest BCUT2D eigenvalue weighted by Gasteiger charge is 2.16. The number of aliphatic hydroxyl groups excluding tert-OH is 1. The van der Waals surface area contributed by atoms with Gasteiger partial charge >= 0.3 is 0 Å². The number of rotatable bonds is 9. The van der Waals surface area contributed by atoms with Crippen LogP contribution in [0.4, 0.5) is 0 Å². The zero-order valence-corrected chi connectivity index (χ0v) is 14.5. The van der Waals surface area contributed by atoms with Crippen molar-refractivity contribution in [3.05, 3.63) is 35.9 Å². The number of unbranched alkanes of at least 4 members (excludes halogenated alkanes) is 1. The standard InChI is InChI=1S/C17H25NO2S2/c19-13-15(12-14-6-2-1-3-7-14)18-17(20)9-5-4-8-16-10-11-21-22-16/h1-3,6-7,15-16,19H,4-5,8-13H2,(H,18,20)/t15-,16-/m0/s1. The van der Waals surface area contributed by atoms with Gasteiger partial charge in [0, 0.05) is 17.4 Å². The molecule has 1 fully saturated rings. The first-order chi connectivity index (χ1) is 10.8. The van der Waals surface area contributed by atoms with Gasteiger partial charge in [0.05, 0.1) is 12.6 Å². The van der Waals surface area contributed by atoms with Gasteiger partial charge in [0.25, 0.3) is 0 Å². The Morgan fingerprint density at radius 2 is 2.14 bits per heavy atom. The van der Waals surface area contributed by atoms with Crippen LogP contribution in [0.5, 0.6) is 0 Å². The molecule has 1 saturated heterocycles. The third-order valence-electron chi connectivity index (χ3n) is 3.82. The summed E-state index contributed by atoms with van der Waals surface area (Å²) in [4.78, 5) is 12.0. The van der Waals surface area contributed by atoms with E-state index in [4.69, 9.17) is 0 Å². The molecule has 0 unspecified atom stereocenters. The van der Waals surface area contributed by atoms with Gasteiger partial charge in [0.1, 0.15) is 0 Å². The quantitative estimate of drug-likeness (QED) is 0.535. The zero-order valence-electron chi connectivity index (χ0n) is 12.9. The normalized spacial score (nSPS) is 19.0. The monoisotopic (exact) mass is 339 g/mol. The third kappa shape index (κ3) is 6.63. The first-order valence-corrected chi connectivity index (χ1v) is 10.4. The summed E-state index contributed by atoms with van der Waals surface area (Å²) in [6.45, 7) is -0.0173. The van der Waals surface area contributed by atoms with Crippen molar-refractivity contribution in [3.63, 3.8) is 0 Å². The molecule has 0 aliphatic carbocycles. The first-order valence-electron chi connectivity index (χ1n) is 8.00. The van der Waals surface area contributed by atoms with Gasteiger partial charge in [0.15, 0.2) is 0 Å². The van der Waals surface area contributed by atoms with Crippen LogP contribution in [-0.2, 0) is 11.2 Å². The van der Waals surface area contributed by atoms with Crippen LogP contribution in [0.3, 0.4) is 0 Å². The Hall–Kier alpha value is -0.650. The summed E-state index contributed by atoms with van der Waals surface area (Å²) in [6, 6.07) is 9.78. The Morgan fingerprint density at radius 3 is 2.82 bits per heavy atom. The molecule has 2 atom stereocenters. The molecule has 1 amide bonds. The molecule has 0 radical (unpaired) electrons. The van der Waals surface area contributed by atoms with Crippen molar-refractivity contribution in [1.29, 1.82) is 0 Å². The van der Waals surface area contributed by atoms with E-state index in [1.54, 1.807) is 0 Å². The molecule has 1 aliphatic heterocycles. The molecule has 122 valence electrons. The Labute approximate surface area is 141 Å². The van der Waals surface area contributed by atoms with E-state index in [1.807, 2.05) is 51.9 Å². The minimum Gasteiger partial charge on any atom is -0.394 e. The van der Waals surface area contributed by atoms with Crippen LogP contribution >= 0.6 is 21.6 Å². The van der Waals surface area contributed by atoms with Crippen molar-refractivity contribution in [2.24, 2.45) is 0 Å². The van der Waals surface area contributed by atoms with Gasteiger partial charge < -0.3 is 10.4 Å². The van der Waals surface area contributed by atoms with E-state index in [0.717, 1.165) is 23.7 Å². The van der Waals surface area contributed by atoms with Crippen LogP contribution in [0, 0.1) is 0 Å². The molecular formula is C17H25NO2S2. The van der Waals surface area contributed by atoms with Gasteiger partial charge in [0.2, 0.25) is 5.91 Å². The zero-order chi connectivity index (χ0) is 15.6. The van der Waals surface area contributed by atoms with E-state index in [0.29, 0.717) is 12.8 Å². The fraction of sp³-hybridized carbons (Fsp3) is 0.588. The Morgan fingerprint density at radius 1 is 1.32 bits per heavy atom. The summed E-state index contributed by atoms with van der Waals surface area (Å²) in [5.74, 6) is 1.33. The minimum atomic E-state index is -0.184. The van der Waals surface area contributed by atoms with Gasteiger partial charge in [-0.3, -0.25) is 4.79 Å². The number of aliphatic hydroxyl groups is 1. The molecule has 22 heavy (non-hydrogen) atoms. The molecule has 1 aliphatic rings. The van der Waals surface area contributed by atoms with Crippen molar-refractivity contribution < 1.29 is 9.90 Å². The van der Waals surface area contributed by atoms with Gasteiger partial charge in [-0.2, -0.15) is 0 Å². The fourth-order valence-corrected chi connectivity index (χ4v) is 5.61. The van der Waals surface area contributed by atoms with Crippen molar-refractivity contribution >= 4 is 27.5 Å². The average Bonchev–Trinajstić information content (AvgIpc) is 3.05. The number of carbonyl (C=O) groups is 1. The number of amides is 1. The number of benzene rings is 1. The van der Waals surface area contributed by atoms with Gasteiger partial charge in [-0.15, -0.1) is 0 Å².